The van der Waals surface area contributed by atoms with Gasteiger partial charge in [0.05, 0.1) is 0 Å². The van der Waals surface area contributed by atoms with Crippen molar-refractivity contribution in [2.75, 3.05) is 10.6 Å². The number of rotatable bonds is 7. The molecular formula is C19H24N4. The summed E-state index contributed by atoms with van der Waals surface area (Å²) in [6, 6.07) is 9.98. The highest BCUT2D eigenvalue weighted by atomic mass is 15.1. The average Bonchev–Trinajstić information content (AvgIpc) is 2.55. The summed E-state index contributed by atoms with van der Waals surface area (Å²) in [6.45, 7) is 10.2. The first kappa shape index (κ1) is 16.7. The van der Waals surface area contributed by atoms with Gasteiger partial charge in [-0.05, 0) is 37.5 Å². The van der Waals surface area contributed by atoms with Crippen LogP contribution in [0.15, 0.2) is 61.0 Å². The maximum absolute atomic E-state index is 4.56. The Morgan fingerprint density at radius 2 is 2.00 bits per heavy atom. The predicted molar refractivity (Wildman–Crippen MR) is 97.9 cm³/mol. The number of hydrogen-bond acceptors (Lipinski definition) is 4. The first-order chi connectivity index (χ1) is 11.1. The van der Waals surface area contributed by atoms with Crippen LogP contribution in [-0.4, -0.2) is 9.97 Å². The topological polar surface area (TPSA) is 49.8 Å². The lowest BCUT2D eigenvalue weighted by atomic mass is 10.1. The van der Waals surface area contributed by atoms with Crippen molar-refractivity contribution in [3.63, 3.8) is 0 Å². The number of aryl methyl sites for hydroxylation is 1. The largest absolute Gasteiger partial charge is 0.340 e. The van der Waals surface area contributed by atoms with Crippen molar-refractivity contribution in [1.29, 1.82) is 0 Å². The van der Waals surface area contributed by atoms with Gasteiger partial charge in [-0.15, -0.1) is 0 Å². The first-order valence-electron chi connectivity index (χ1n) is 7.84. The van der Waals surface area contributed by atoms with Crippen molar-refractivity contribution in [2.24, 2.45) is 5.92 Å². The molecule has 0 aliphatic rings. The molecule has 1 heterocycles. The highest BCUT2D eigenvalue weighted by Crippen LogP contribution is 2.19. The number of para-hydroxylation sites is 1. The van der Waals surface area contributed by atoms with Crippen LogP contribution in [0.3, 0.4) is 0 Å². The second-order valence-electron chi connectivity index (χ2n) is 5.83. The van der Waals surface area contributed by atoms with E-state index < -0.39 is 0 Å². The quantitative estimate of drug-likeness (QED) is 0.702. The number of hydrogen-bond donors (Lipinski definition) is 2. The van der Waals surface area contributed by atoms with Gasteiger partial charge in [0.25, 0.3) is 0 Å². The maximum atomic E-state index is 4.56. The van der Waals surface area contributed by atoms with E-state index in [1.165, 1.54) is 0 Å². The number of aromatic nitrogens is 2. The molecular weight excluding hydrogens is 284 g/mol. The van der Waals surface area contributed by atoms with Crippen LogP contribution >= 0.6 is 0 Å². The van der Waals surface area contributed by atoms with E-state index in [2.05, 4.69) is 47.1 Å². The summed E-state index contributed by atoms with van der Waals surface area (Å²) >= 11 is 0. The Labute approximate surface area is 138 Å². The maximum Gasteiger partial charge on any atom is 0.229 e. The SMILES string of the molecule is C=C/C(=C\CC(C)C)Nc1ncc(C)c(Nc2ccccc2)n1. The first-order valence-corrected chi connectivity index (χ1v) is 7.84. The number of allylic oxidation sites excluding steroid dienone is 2. The van der Waals surface area contributed by atoms with Crippen LogP contribution in [0.1, 0.15) is 25.8 Å². The molecule has 2 aromatic rings. The van der Waals surface area contributed by atoms with Gasteiger partial charge in [-0.2, -0.15) is 4.98 Å². The van der Waals surface area contributed by atoms with Gasteiger partial charge in [-0.1, -0.05) is 44.7 Å². The molecule has 0 saturated carbocycles. The van der Waals surface area contributed by atoms with Crippen LogP contribution in [0.25, 0.3) is 0 Å². The zero-order valence-corrected chi connectivity index (χ0v) is 14.0. The molecule has 1 aromatic heterocycles. The van der Waals surface area contributed by atoms with E-state index >= 15 is 0 Å². The van der Waals surface area contributed by atoms with Gasteiger partial charge >= 0.3 is 0 Å². The van der Waals surface area contributed by atoms with Gasteiger partial charge < -0.3 is 10.6 Å². The Balaban J connectivity index is 2.16. The van der Waals surface area contributed by atoms with Gasteiger partial charge in [-0.3, -0.25) is 0 Å². The standard InChI is InChI=1S/C19H24N4/c1-5-16(12-11-14(2)3)22-19-20-13-15(4)18(23-19)21-17-9-7-6-8-10-17/h5-10,12-14H,1,11H2,2-4H3,(H2,20,21,22,23)/b16-12+. The van der Waals surface area contributed by atoms with Crippen molar-refractivity contribution < 1.29 is 0 Å². The minimum Gasteiger partial charge on any atom is -0.340 e. The molecule has 0 bridgehead atoms. The van der Waals surface area contributed by atoms with Gasteiger partial charge in [-0.25, -0.2) is 4.98 Å². The zero-order valence-electron chi connectivity index (χ0n) is 14.0. The zero-order chi connectivity index (χ0) is 16.7. The fraction of sp³-hybridized carbons (Fsp3) is 0.263. The highest BCUT2D eigenvalue weighted by Gasteiger charge is 2.05. The van der Waals surface area contributed by atoms with Crippen LogP contribution in [0.5, 0.6) is 0 Å². The van der Waals surface area contributed by atoms with Gasteiger partial charge in [0.2, 0.25) is 5.95 Å². The van der Waals surface area contributed by atoms with Crippen molar-refractivity contribution >= 4 is 17.5 Å². The Morgan fingerprint density at radius 1 is 1.26 bits per heavy atom. The molecule has 4 nitrogen and oxygen atoms in total. The fourth-order valence-corrected chi connectivity index (χ4v) is 1.96. The Morgan fingerprint density at radius 3 is 2.65 bits per heavy atom. The van der Waals surface area contributed by atoms with E-state index in [0.717, 1.165) is 29.2 Å². The van der Waals surface area contributed by atoms with E-state index in [4.69, 9.17) is 0 Å². The minimum absolute atomic E-state index is 0.559. The number of benzene rings is 1. The molecule has 0 fully saturated rings. The van der Waals surface area contributed by atoms with E-state index in [1.54, 1.807) is 6.08 Å². The normalized spacial score (nSPS) is 11.4. The summed E-state index contributed by atoms with van der Waals surface area (Å²) < 4.78 is 0. The molecule has 0 aliphatic heterocycles. The summed E-state index contributed by atoms with van der Waals surface area (Å²) in [4.78, 5) is 8.91. The fourth-order valence-electron chi connectivity index (χ4n) is 1.96. The van der Waals surface area contributed by atoms with Crippen LogP contribution in [-0.2, 0) is 0 Å². The molecule has 0 radical (unpaired) electrons. The third kappa shape index (κ3) is 5.25. The number of anilines is 3. The molecule has 0 unspecified atom stereocenters. The van der Waals surface area contributed by atoms with E-state index in [9.17, 15) is 0 Å². The molecule has 0 spiro atoms. The molecule has 2 N–H and O–H groups in total. The lowest BCUT2D eigenvalue weighted by molar-refractivity contribution is 0.662. The summed E-state index contributed by atoms with van der Waals surface area (Å²) in [5.74, 6) is 1.95. The number of nitrogens with one attached hydrogen (secondary N) is 2. The molecule has 0 saturated heterocycles. The van der Waals surface area contributed by atoms with Gasteiger partial charge in [0.15, 0.2) is 0 Å². The highest BCUT2D eigenvalue weighted by molar-refractivity contribution is 5.60. The molecule has 120 valence electrons. The summed E-state index contributed by atoms with van der Waals surface area (Å²) in [6.07, 6.45) is 6.69. The van der Waals surface area contributed by atoms with Crippen molar-refractivity contribution in [2.45, 2.75) is 27.2 Å². The molecule has 0 amide bonds. The second-order valence-corrected chi connectivity index (χ2v) is 5.83. The minimum atomic E-state index is 0.559. The smallest absolute Gasteiger partial charge is 0.229 e. The molecule has 2 rings (SSSR count). The summed E-state index contributed by atoms with van der Waals surface area (Å²) in [5.41, 5.74) is 2.92. The second kappa shape index (κ2) is 8.13. The Kier molecular flexibility index (Phi) is 5.92. The average molecular weight is 308 g/mol. The molecule has 23 heavy (non-hydrogen) atoms. The predicted octanol–water partition coefficient (Wildman–Crippen LogP) is 5.06. The summed E-state index contributed by atoms with van der Waals surface area (Å²) in [7, 11) is 0. The third-order valence-corrected chi connectivity index (χ3v) is 3.29. The van der Waals surface area contributed by atoms with Gasteiger partial charge in [0.1, 0.15) is 5.82 Å². The van der Waals surface area contributed by atoms with Crippen molar-refractivity contribution in [3.8, 4) is 0 Å². The molecule has 1 aromatic carbocycles. The third-order valence-electron chi connectivity index (χ3n) is 3.29. The molecule has 0 atom stereocenters. The van der Waals surface area contributed by atoms with Crippen LogP contribution in [0, 0.1) is 12.8 Å². The monoisotopic (exact) mass is 308 g/mol. The number of nitrogens with zero attached hydrogens (tertiary/aromatic N) is 2. The van der Waals surface area contributed by atoms with Crippen LogP contribution in [0.4, 0.5) is 17.5 Å². The lowest BCUT2D eigenvalue weighted by Gasteiger charge is -2.11. The van der Waals surface area contributed by atoms with Crippen LogP contribution in [0.2, 0.25) is 0 Å². The van der Waals surface area contributed by atoms with E-state index in [-0.39, 0.29) is 0 Å². The summed E-state index contributed by atoms with van der Waals surface area (Å²) in [5, 5.41) is 6.54. The molecule has 4 heteroatoms. The Hall–Kier alpha value is -2.62. The van der Waals surface area contributed by atoms with Gasteiger partial charge in [0, 0.05) is 23.1 Å². The van der Waals surface area contributed by atoms with Crippen LogP contribution < -0.4 is 10.6 Å². The Bertz CT molecular complexity index is 675. The van der Waals surface area contributed by atoms with E-state index in [0.29, 0.717) is 11.9 Å². The van der Waals surface area contributed by atoms with Crippen molar-refractivity contribution in [3.05, 3.63) is 66.5 Å². The molecule has 0 aliphatic carbocycles. The van der Waals surface area contributed by atoms with Crippen molar-refractivity contribution in [1.82, 2.24) is 9.97 Å². The lowest BCUT2D eigenvalue weighted by Crippen LogP contribution is -2.05. The van der Waals surface area contributed by atoms with E-state index in [1.807, 2.05) is 43.5 Å².